The van der Waals surface area contributed by atoms with E-state index in [-0.39, 0.29) is 10.8 Å². The molecular formula is C14H18N4O3S2. The summed E-state index contributed by atoms with van der Waals surface area (Å²) in [5, 5.41) is 3.10. The number of hydrogen-bond acceptors (Lipinski definition) is 6. The quantitative estimate of drug-likeness (QED) is 0.895. The molecule has 0 aliphatic carbocycles. The van der Waals surface area contributed by atoms with Gasteiger partial charge in [0, 0.05) is 33.1 Å². The Bertz CT molecular complexity index is 839. The fourth-order valence-electron chi connectivity index (χ4n) is 2.45. The van der Waals surface area contributed by atoms with Crippen LogP contribution in [0.25, 0.3) is 10.2 Å². The third-order valence-electron chi connectivity index (χ3n) is 3.74. The molecule has 3 rings (SSSR count). The highest BCUT2D eigenvalue weighted by Gasteiger charge is 2.27. The van der Waals surface area contributed by atoms with E-state index in [1.54, 1.807) is 18.2 Å². The number of rotatable bonds is 3. The van der Waals surface area contributed by atoms with Crippen molar-refractivity contribution in [1.29, 1.82) is 0 Å². The van der Waals surface area contributed by atoms with Crippen LogP contribution in [0, 0.1) is 0 Å². The summed E-state index contributed by atoms with van der Waals surface area (Å²) >= 11 is 1.27. The zero-order valence-corrected chi connectivity index (χ0v) is 14.6. The van der Waals surface area contributed by atoms with Crippen molar-refractivity contribution in [2.45, 2.75) is 11.8 Å². The Morgan fingerprint density at radius 2 is 1.96 bits per heavy atom. The number of hydrogen-bond donors (Lipinski definition) is 1. The summed E-state index contributed by atoms with van der Waals surface area (Å²) in [6.07, 6.45) is 0. The first kappa shape index (κ1) is 16.3. The molecule has 7 nitrogen and oxygen atoms in total. The maximum atomic E-state index is 12.7. The SMILES string of the molecule is CC(=O)Nc1nc2ccc(S(=O)(=O)N3CCN(C)CC3)cc2s1. The van der Waals surface area contributed by atoms with Crippen molar-refractivity contribution in [2.75, 3.05) is 38.5 Å². The second-order valence-corrected chi connectivity index (χ2v) is 8.51. The first-order valence-electron chi connectivity index (χ1n) is 7.23. The number of piperazine rings is 1. The average Bonchev–Trinajstić information content (AvgIpc) is 2.87. The van der Waals surface area contributed by atoms with Crippen molar-refractivity contribution in [3.05, 3.63) is 18.2 Å². The number of sulfonamides is 1. The number of aromatic nitrogens is 1. The van der Waals surface area contributed by atoms with E-state index < -0.39 is 10.0 Å². The molecule has 0 saturated carbocycles. The molecule has 1 aliphatic heterocycles. The zero-order valence-electron chi connectivity index (χ0n) is 12.9. The Kier molecular flexibility index (Phi) is 4.37. The van der Waals surface area contributed by atoms with Crippen molar-refractivity contribution >= 4 is 42.6 Å². The van der Waals surface area contributed by atoms with Crippen molar-refractivity contribution in [2.24, 2.45) is 0 Å². The van der Waals surface area contributed by atoms with Gasteiger partial charge in [0.1, 0.15) is 0 Å². The number of thiazole rings is 1. The molecule has 2 aromatic rings. The van der Waals surface area contributed by atoms with Gasteiger partial charge in [-0.2, -0.15) is 4.31 Å². The molecule has 0 bridgehead atoms. The fourth-order valence-corrected chi connectivity index (χ4v) is 4.92. The molecule has 1 aromatic carbocycles. The molecule has 0 radical (unpaired) electrons. The molecule has 124 valence electrons. The normalized spacial score (nSPS) is 17.5. The van der Waals surface area contributed by atoms with Crippen LogP contribution >= 0.6 is 11.3 Å². The number of carbonyl (C=O) groups is 1. The van der Waals surface area contributed by atoms with Gasteiger partial charge in [-0.15, -0.1) is 0 Å². The van der Waals surface area contributed by atoms with E-state index in [0.29, 0.717) is 23.7 Å². The Hall–Kier alpha value is -1.55. The van der Waals surface area contributed by atoms with Crippen LogP contribution in [0.15, 0.2) is 23.1 Å². The molecule has 1 N–H and O–H groups in total. The summed E-state index contributed by atoms with van der Waals surface area (Å²) < 4.78 is 27.7. The Balaban J connectivity index is 1.91. The van der Waals surface area contributed by atoms with Crippen LogP contribution in [0.4, 0.5) is 5.13 Å². The number of anilines is 1. The highest BCUT2D eigenvalue weighted by Crippen LogP contribution is 2.29. The molecule has 1 saturated heterocycles. The van der Waals surface area contributed by atoms with Gasteiger partial charge in [-0.05, 0) is 25.2 Å². The van der Waals surface area contributed by atoms with Crippen LogP contribution in [0.2, 0.25) is 0 Å². The minimum Gasteiger partial charge on any atom is -0.304 e. The Labute approximate surface area is 139 Å². The van der Waals surface area contributed by atoms with Gasteiger partial charge in [0.25, 0.3) is 0 Å². The lowest BCUT2D eigenvalue weighted by molar-refractivity contribution is -0.114. The van der Waals surface area contributed by atoms with Gasteiger partial charge in [-0.3, -0.25) is 4.79 Å². The number of amides is 1. The second-order valence-electron chi connectivity index (χ2n) is 5.54. The topological polar surface area (TPSA) is 82.6 Å². The molecule has 0 unspecified atom stereocenters. The van der Waals surface area contributed by atoms with Gasteiger partial charge in [0.15, 0.2) is 5.13 Å². The molecule has 2 heterocycles. The van der Waals surface area contributed by atoms with Crippen molar-refractivity contribution in [3.63, 3.8) is 0 Å². The Morgan fingerprint density at radius 3 is 2.61 bits per heavy atom. The number of fused-ring (bicyclic) bond motifs is 1. The first-order chi connectivity index (χ1) is 10.9. The van der Waals surface area contributed by atoms with Crippen molar-refractivity contribution in [1.82, 2.24) is 14.2 Å². The van der Waals surface area contributed by atoms with E-state index in [1.165, 1.54) is 22.6 Å². The van der Waals surface area contributed by atoms with Gasteiger partial charge in [-0.1, -0.05) is 11.3 Å². The predicted molar refractivity (Wildman–Crippen MR) is 90.2 cm³/mol. The van der Waals surface area contributed by atoms with Gasteiger partial charge in [0.05, 0.1) is 15.1 Å². The second kappa shape index (κ2) is 6.16. The summed E-state index contributed by atoms with van der Waals surface area (Å²) in [5.41, 5.74) is 0.677. The van der Waals surface area contributed by atoms with Crippen molar-refractivity contribution in [3.8, 4) is 0 Å². The lowest BCUT2D eigenvalue weighted by Crippen LogP contribution is -2.46. The van der Waals surface area contributed by atoms with Crippen LogP contribution in [0.3, 0.4) is 0 Å². The zero-order chi connectivity index (χ0) is 16.6. The highest BCUT2D eigenvalue weighted by atomic mass is 32.2. The van der Waals surface area contributed by atoms with Crippen LogP contribution < -0.4 is 5.32 Å². The van der Waals surface area contributed by atoms with Gasteiger partial charge >= 0.3 is 0 Å². The fraction of sp³-hybridized carbons (Fsp3) is 0.429. The average molecular weight is 354 g/mol. The number of benzene rings is 1. The summed E-state index contributed by atoms with van der Waals surface area (Å²) in [6, 6.07) is 4.89. The molecule has 9 heteroatoms. The van der Waals surface area contributed by atoms with E-state index in [4.69, 9.17) is 0 Å². The first-order valence-corrected chi connectivity index (χ1v) is 9.49. The van der Waals surface area contributed by atoms with Gasteiger partial charge in [-0.25, -0.2) is 13.4 Å². The maximum Gasteiger partial charge on any atom is 0.243 e. The largest absolute Gasteiger partial charge is 0.304 e. The third-order valence-corrected chi connectivity index (χ3v) is 6.57. The van der Waals surface area contributed by atoms with Gasteiger partial charge in [0.2, 0.25) is 15.9 Å². The molecule has 1 amide bonds. The number of carbonyl (C=O) groups excluding carboxylic acids is 1. The minimum absolute atomic E-state index is 0.200. The predicted octanol–water partition coefficient (Wildman–Crippen LogP) is 1.19. The molecule has 1 aromatic heterocycles. The summed E-state index contributed by atoms with van der Waals surface area (Å²) in [6.45, 7) is 3.87. The van der Waals surface area contributed by atoms with E-state index in [1.807, 2.05) is 7.05 Å². The van der Waals surface area contributed by atoms with E-state index >= 15 is 0 Å². The molecule has 0 atom stereocenters. The van der Waals surface area contributed by atoms with Gasteiger partial charge < -0.3 is 10.2 Å². The molecule has 0 spiro atoms. The minimum atomic E-state index is -3.49. The molecular weight excluding hydrogens is 336 g/mol. The highest BCUT2D eigenvalue weighted by molar-refractivity contribution is 7.89. The van der Waals surface area contributed by atoms with E-state index in [2.05, 4.69) is 15.2 Å². The van der Waals surface area contributed by atoms with Crippen molar-refractivity contribution < 1.29 is 13.2 Å². The standard InChI is InChI=1S/C14H18N4O3S2/c1-10(19)15-14-16-12-4-3-11(9-13(12)22-14)23(20,21)18-7-5-17(2)6-8-18/h3-4,9H,5-8H2,1-2H3,(H,15,16,19). The third kappa shape index (κ3) is 3.37. The number of nitrogens with one attached hydrogen (secondary N) is 1. The Morgan fingerprint density at radius 1 is 1.26 bits per heavy atom. The summed E-state index contributed by atoms with van der Waals surface area (Å²) in [5.74, 6) is -0.200. The van der Waals surface area contributed by atoms with E-state index in [9.17, 15) is 13.2 Å². The van der Waals surface area contributed by atoms with Crippen LogP contribution in [-0.4, -0.2) is 61.7 Å². The molecule has 23 heavy (non-hydrogen) atoms. The molecule has 1 fully saturated rings. The van der Waals surface area contributed by atoms with Crippen LogP contribution in [0.1, 0.15) is 6.92 Å². The summed E-state index contributed by atoms with van der Waals surface area (Å²) in [4.78, 5) is 17.7. The molecule has 1 aliphatic rings. The smallest absolute Gasteiger partial charge is 0.243 e. The van der Waals surface area contributed by atoms with Crippen LogP contribution in [0.5, 0.6) is 0 Å². The van der Waals surface area contributed by atoms with Crippen LogP contribution in [-0.2, 0) is 14.8 Å². The number of likely N-dealkylation sites (N-methyl/N-ethyl adjacent to an activating group) is 1. The lowest BCUT2D eigenvalue weighted by atomic mass is 10.3. The maximum absolute atomic E-state index is 12.7. The lowest BCUT2D eigenvalue weighted by Gasteiger charge is -2.31. The van der Waals surface area contributed by atoms with E-state index in [0.717, 1.165) is 17.8 Å². The summed E-state index contributed by atoms with van der Waals surface area (Å²) in [7, 11) is -1.51. The monoisotopic (exact) mass is 354 g/mol. The number of nitrogens with zero attached hydrogens (tertiary/aromatic N) is 3.